The van der Waals surface area contributed by atoms with Crippen molar-refractivity contribution in [3.8, 4) is 0 Å². The van der Waals surface area contributed by atoms with Crippen LogP contribution in [0, 0.1) is 0 Å². The molecule has 3 aliphatic heterocycles. The molecule has 1 N–H and O–H groups in total. The average molecular weight is 553 g/mol. The van der Waals surface area contributed by atoms with Gasteiger partial charge in [-0.1, -0.05) is 91.0 Å². The Morgan fingerprint density at radius 1 is 0.756 bits per heavy atom. The van der Waals surface area contributed by atoms with Crippen molar-refractivity contribution < 1.29 is 29.0 Å². The first-order chi connectivity index (χ1) is 19.8. The molecule has 8 nitrogen and oxygen atoms in total. The van der Waals surface area contributed by atoms with Gasteiger partial charge in [-0.2, -0.15) is 0 Å². The minimum atomic E-state index is -1.65. The van der Waals surface area contributed by atoms with Gasteiger partial charge in [0.25, 0.3) is 0 Å². The molecule has 2 unspecified atom stereocenters. The van der Waals surface area contributed by atoms with E-state index in [1.165, 1.54) is 4.90 Å². The van der Waals surface area contributed by atoms with Crippen LogP contribution in [0.3, 0.4) is 0 Å². The van der Waals surface area contributed by atoms with Crippen LogP contribution in [0.2, 0.25) is 0 Å². The molecule has 3 aromatic rings. The lowest BCUT2D eigenvalue weighted by Gasteiger charge is -2.49. The first-order valence-corrected chi connectivity index (χ1v) is 13.8. The number of benzene rings is 3. The summed E-state index contributed by atoms with van der Waals surface area (Å²) in [7, 11) is 1.58. The summed E-state index contributed by atoms with van der Waals surface area (Å²) in [4.78, 5) is 44.3. The Balaban J connectivity index is 1.51. The van der Waals surface area contributed by atoms with Crippen molar-refractivity contribution in [2.24, 2.45) is 0 Å². The summed E-state index contributed by atoms with van der Waals surface area (Å²) >= 11 is 0. The molecule has 2 atom stereocenters. The zero-order valence-corrected chi connectivity index (χ0v) is 22.8. The Morgan fingerprint density at radius 3 is 1.78 bits per heavy atom. The van der Waals surface area contributed by atoms with Crippen LogP contribution in [0.15, 0.2) is 103 Å². The van der Waals surface area contributed by atoms with Crippen molar-refractivity contribution in [2.45, 2.75) is 35.7 Å². The molecule has 41 heavy (non-hydrogen) atoms. The van der Waals surface area contributed by atoms with Gasteiger partial charge < -0.3 is 19.5 Å². The number of amides is 1. The molecule has 210 valence electrons. The van der Waals surface area contributed by atoms with Crippen molar-refractivity contribution in [3.05, 3.63) is 120 Å². The molecule has 8 heteroatoms. The lowest BCUT2D eigenvalue weighted by Crippen LogP contribution is -2.66. The lowest BCUT2D eigenvalue weighted by atomic mass is 9.63. The number of fused-ring (bicyclic) bond motifs is 1. The van der Waals surface area contributed by atoms with Gasteiger partial charge >= 0.3 is 11.9 Å². The predicted molar refractivity (Wildman–Crippen MR) is 150 cm³/mol. The molecule has 6 rings (SSSR count). The monoisotopic (exact) mass is 552 g/mol. The number of likely N-dealkylation sites (tertiary alicyclic amines) is 2. The van der Waals surface area contributed by atoms with Crippen molar-refractivity contribution in [3.63, 3.8) is 0 Å². The summed E-state index contributed by atoms with van der Waals surface area (Å²) in [6.07, 6.45) is 1.76. The molecule has 3 heterocycles. The van der Waals surface area contributed by atoms with E-state index >= 15 is 0 Å². The van der Waals surface area contributed by atoms with Gasteiger partial charge in [0.05, 0.1) is 5.60 Å². The minimum absolute atomic E-state index is 0.0925. The van der Waals surface area contributed by atoms with E-state index in [2.05, 4.69) is 4.90 Å². The van der Waals surface area contributed by atoms with Crippen LogP contribution in [0.4, 0.5) is 0 Å². The van der Waals surface area contributed by atoms with Gasteiger partial charge in [-0.25, -0.2) is 9.59 Å². The number of esters is 2. The average Bonchev–Trinajstić information content (AvgIpc) is 3.16. The highest BCUT2D eigenvalue weighted by atomic mass is 16.6. The van der Waals surface area contributed by atoms with Crippen molar-refractivity contribution >= 4 is 17.8 Å². The lowest BCUT2D eigenvalue weighted by molar-refractivity contribution is -0.201. The summed E-state index contributed by atoms with van der Waals surface area (Å²) in [6, 6.07) is 28.0. The number of rotatable bonds is 5. The highest BCUT2D eigenvalue weighted by Crippen LogP contribution is 2.54. The Kier molecular flexibility index (Phi) is 6.76. The number of piperidine rings is 1. The van der Waals surface area contributed by atoms with E-state index in [4.69, 9.17) is 9.47 Å². The molecule has 0 aromatic heterocycles. The van der Waals surface area contributed by atoms with Crippen LogP contribution in [-0.4, -0.2) is 71.3 Å². The molecule has 2 saturated heterocycles. The largest absolute Gasteiger partial charge is 0.447 e. The second-order valence-electron chi connectivity index (χ2n) is 11.0. The van der Waals surface area contributed by atoms with Crippen LogP contribution in [0.25, 0.3) is 0 Å². The summed E-state index contributed by atoms with van der Waals surface area (Å²) in [5, 5.41) is 11.5. The standard InChI is InChI=1S/C33H32N2O6/c1-34-29(38)33(25-13-7-3-8-14-25,26-15-9-4-10-16-26)32(30(34)40-27(36)17-18-28(37)41-32)23-35-21-19-31(39,20-22-35)24-11-5-2-6-12-24/h2-18,30,39H,19-23H2,1H3/b18-17+. The Morgan fingerprint density at radius 2 is 1.24 bits per heavy atom. The van der Waals surface area contributed by atoms with E-state index in [1.807, 2.05) is 91.0 Å². The number of carbonyl (C=O) groups is 3. The van der Waals surface area contributed by atoms with E-state index in [0.29, 0.717) is 37.1 Å². The first kappa shape index (κ1) is 26.9. The normalized spacial score (nSPS) is 26.3. The summed E-state index contributed by atoms with van der Waals surface area (Å²) in [5.74, 6) is -1.81. The van der Waals surface area contributed by atoms with Gasteiger partial charge in [0.1, 0.15) is 5.41 Å². The quantitative estimate of drug-likeness (QED) is 0.486. The van der Waals surface area contributed by atoms with Gasteiger partial charge in [0.2, 0.25) is 17.7 Å². The van der Waals surface area contributed by atoms with Crippen LogP contribution in [0.1, 0.15) is 29.5 Å². The zero-order valence-electron chi connectivity index (χ0n) is 22.8. The number of carbonyl (C=O) groups excluding carboxylic acids is 3. The van der Waals surface area contributed by atoms with E-state index in [9.17, 15) is 19.5 Å². The maximum absolute atomic E-state index is 14.6. The van der Waals surface area contributed by atoms with E-state index in [-0.39, 0.29) is 12.5 Å². The summed E-state index contributed by atoms with van der Waals surface area (Å²) in [6.45, 7) is 1.03. The van der Waals surface area contributed by atoms with Crippen LogP contribution >= 0.6 is 0 Å². The fourth-order valence-corrected chi connectivity index (χ4v) is 6.81. The van der Waals surface area contributed by atoms with Crippen LogP contribution < -0.4 is 0 Å². The highest BCUT2D eigenvalue weighted by Gasteiger charge is 2.74. The maximum Gasteiger partial charge on any atom is 0.333 e. The molecular weight excluding hydrogens is 520 g/mol. The molecule has 2 fully saturated rings. The molecule has 0 spiro atoms. The second-order valence-corrected chi connectivity index (χ2v) is 11.0. The molecule has 0 aliphatic carbocycles. The van der Waals surface area contributed by atoms with Gasteiger partial charge in [-0.05, 0) is 29.5 Å². The third-order valence-corrected chi connectivity index (χ3v) is 8.76. The smallest absolute Gasteiger partial charge is 0.333 e. The second kappa shape index (κ2) is 10.3. The third-order valence-electron chi connectivity index (χ3n) is 8.76. The fourth-order valence-electron chi connectivity index (χ4n) is 6.81. The molecule has 1 amide bonds. The van der Waals surface area contributed by atoms with E-state index < -0.39 is 34.8 Å². The van der Waals surface area contributed by atoms with Crippen LogP contribution in [-0.2, 0) is 34.9 Å². The topological polar surface area (TPSA) is 96.4 Å². The minimum Gasteiger partial charge on any atom is -0.447 e. The molecule has 0 saturated carbocycles. The molecule has 3 aliphatic rings. The van der Waals surface area contributed by atoms with Crippen molar-refractivity contribution in [1.29, 1.82) is 0 Å². The zero-order chi connectivity index (χ0) is 28.7. The van der Waals surface area contributed by atoms with Gasteiger partial charge in [0.15, 0.2) is 0 Å². The molecular formula is C33H32N2O6. The number of ether oxygens (including phenoxy) is 2. The van der Waals surface area contributed by atoms with Crippen molar-refractivity contribution in [2.75, 3.05) is 26.7 Å². The van der Waals surface area contributed by atoms with Gasteiger partial charge in [0, 0.05) is 38.8 Å². The first-order valence-electron chi connectivity index (χ1n) is 13.8. The predicted octanol–water partition coefficient (Wildman–Crippen LogP) is 3.15. The van der Waals surface area contributed by atoms with Crippen LogP contribution in [0.5, 0.6) is 0 Å². The number of nitrogens with zero attached hydrogens (tertiary/aromatic N) is 2. The van der Waals surface area contributed by atoms with Gasteiger partial charge in [-0.3, -0.25) is 9.69 Å². The fraction of sp³-hybridized carbons (Fsp3) is 0.303. The SMILES string of the molecule is CN1C(=O)C(c2ccccc2)(c2ccccc2)C2(CN3CCC(O)(c4ccccc4)CC3)OC(=O)/C=C/C(=O)OC12. The van der Waals surface area contributed by atoms with Crippen molar-refractivity contribution in [1.82, 2.24) is 9.80 Å². The molecule has 0 radical (unpaired) electrons. The van der Waals surface area contributed by atoms with E-state index in [0.717, 1.165) is 17.7 Å². The third kappa shape index (κ3) is 4.26. The molecule has 3 aromatic carbocycles. The number of hydrogen-bond donors (Lipinski definition) is 1. The summed E-state index contributed by atoms with van der Waals surface area (Å²) in [5.41, 5.74) is -2.08. The Bertz CT molecular complexity index is 1430. The van der Waals surface area contributed by atoms with E-state index in [1.54, 1.807) is 7.05 Å². The van der Waals surface area contributed by atoms with Gasteiger partial charge in [-0.15, -0.1) is 0 Å². The number of aliphatic hydroxyl groups is 1. The Hall–Kier alpha value is -4.27. The highest BCUT2D eigenvalue weighted by molar-refractivity contribution is 6.00. The maximum atomic E-state index is 14.6. The number of likely N-dealkylation sites (N-methyl/N-ethyl adjacent to an activating group) is 1. The number of hydrogen-bond acceptors (Lipinski definition) is 7. The summed E-state index contributed by atoms with van der Waals surface area (Å²) < 4.78 is 12.3. The Labute approximate surface area is 238 Å². The molecule has 0 bridgehead atoms.